The van der Waals surface area contributed by atoms with Gasteiger partial charge in [-0.1, -0.05) is 19.3 Å². The van der Waals surface area contributed by atoms with Gasteiger partial charge >= 0.3 is 0 Å². The predicted molar refractivity (Wildman–Crippen MR) is 71.8 cm³/mol. The lowest BCUT2D eigenvalue weighted by Crippen LogP contribution is -2.54. The highest BCUT2D eigenvalue weighted by Crippen LogP contribution is 2.49. The number of hydrogen-bond acceptors (Lipinski definition) is 2. The molecule has 0 spiro atoms. The summed E-state index contributed by atoms with van der Waals surface area (Å²) in [5.41, 5.74) is 6.35. The second kappa shape index (κ2) is 4.89. The van der Waals surface area contributed by atoms with Gasteiger partial charge in [-0.3, -0.25) is 0 Å². The average Bonchev–Trinajstić information content (AvgIpc) is 3.24. The molecule has 0 aromatic carbocycles. The van der Waals surface area contributed by atoms with Gasteiger partial charge in [-0.25, -0.2) is 0 Å². The van der Waals surface area contributed by atoms with Crippen molar-refractivity contribution in [3.8, 4) is 0 Å². The highest BCUT2D eigenvalue weighted by Gasteiger charge is 2.42. The smallest absolute Gasteiger partial charge is 0.0304 e. The maximum absolute atomic E-state index is 6.05. The SMILES string of the molecule is NCC1(NCC(C2CC2)C2CC2)CCCCC1. The van der Waals surface area contributed by atoms with Crippen LogP contribution in [-0.4, -0.2) is 18.6 Å². The molecule has 3 aliphatic carbocycles. The molecule has 2 heteroatoms. The van der Waals surface area contributed by atoms with Crippen molar-refractivity contribution in [3.63, 3.8) is 0 Å². The maximum atomic E-state index is 6.05. The van der Waals surface area contributed by atoms with Crippen LogP contribution in [0.15, 0.2) is 0 Å². The number of hydrogen-bond donors (Lipinski definition) is 2. The van der Waals surface area contributed by atoms with Gasteiger partial charge in [0, 0.05) is 12.1 Å². The summed E-state index contributed by atoms with van der Waals surface area (Å²) in [6, 6.07) is 0. The molecule has 0 bridgehead atoms. The second-order valence-electron chi connectivity index (χ2n) is 6.76. The second-order valence-corrected chi connectivity index (χ2v) is 6.76. The lowest BCUT2D eigenvalue weighted by molar-refractivity contribution is 0.214. The van der Waals surface area contributed by atoms with Gasteiger partial charge in [0.2, 0.25) is 0 Å². The van der Waals surface area contributed by atoms with Crippen LogP contribution in [0.5, 0.6) is 0 Å². The molecule has 0 aromatic heterocycles. The quantitative estimate of drug-likeness (QED) is 0.744. The third-order valence-corrected chi connectivity index (χ3v) is 5.37. The molecule has 17 heavy (non-hydrogen) atoms. The molecular weight excluding hydrogens is 208 g/mol. The minimum absolute atomic E-state index is 0.306. The van der Waals surface area contributed by atoms with Crippen molar-refractivity contribution in [3.05, 3.63) is 0 Å². The third-order valence-electron chi connectivity index (χ3n) is 5.37. The Labute approximate surface area is 106 Å². The first kappa shape index (κ1) is 12.0. The van der Waals surface area contributed by atoms with Crippen molar-refractivity contribution in [1.82, 2.24) is 5.32 Å². The largest absolute Gasteiger partial charge is 0.329 e. The van der Waals surface area contributed by atoms with E-state index in [1.54, 1.807) is 0 Å². The minimum atomic E-state index is 0.306. The van der Waals surface area contributed by atoms with Crippen LogP contribution in [0.4, 0.5) is 0 Å². The molecule has 0 atom stereocenters. The van der Waals surface area contributed by atoms with E-state index in [0.29, 0.717) is 5.54 Å². The van der Waals surface area contributed by atoms with Crippen LogP contribution in [0.2, 0.25) is 0 Å². The third kappa shape index (κ3) is 2.85. The van der Waals surface area contributed by atoms with E-state index in [4.69, 9.17) is 5.73 Å². The van der Waals surface area contributed by atoms with Crippen molar-refractivity contribution >= 4 is 0 Å². The van der Waals surface area contributed by atoms with Crippen LogP contribution in [-0.2, 0) is 0 Å². The Bertz CT molecular complexity index is 238. The maximum Gasteiger partial charge on any atom is 0.0304 e. The fraction of sp³-hybridized carbons (Fsp3) is 1.00. The van der Waals surface area contributed by atoms with E-state index in [0.717, 1.165) is 24.3 Å². The van der Waals surface area contributed by atoms with Gasteiger partial charge in [0.1, 0.15) is 0 Å². The molecule has 3 rings (SSSR count). The zero-order valence-electron chi connectivity index (χ0n) is 11.1. The summed E-state index contributed by atoms with van der Waals surface area (Å²) in [6.07, 6.45) is 12.8. The Balaban J connectivity index is 1.53. The molecule has 0 aliphatic heterocycles. The molecule has 0 aromatic rings. The summed E-state index contributed by atoms with van der Waals surface area (Å²) < 4.78 is 0. The van der Waals surface area contributed by atoms with Crippen LogP contribution in [0.25, 0.3) is 0 Å². The summed E-state index contributed by atoms with van der Waals surface area (Å²) in [5, 5.41) is 3.90. The van der Waals surface area contributed by atoms with Gasteiger partial charge in [0.25, 0.3) is 0 Å². The van der Waals surface area contributed by atoms with E-state index < -0.39 is 0 Å². The summed E-state index contributed by atoms with van der Waals surface area (Å²) >= 11 is 0. The molecule has 0 unspecified atom stereocenters. The van der Waals surface area contributed by atoms with E-state index in [2.05, 4.69) is 5.32 Å². The summed E-state index contributed by atoms with van der Waals surface area (Å²) in [7, 11) is 0. The lowest BCUT2D eigenvalue weighted by Gasteiger charge is -2.38. The fourth-order valence-electron chi connectivity index (χ4n) is 3.78. The van der Waals surface area contributed by atoms with Crippen LogP contribution in [0.3, 0.4) is 0 Å². The fourth-order valence-corrected chi connectivity index (χ4v) is 3.78. The van der Waals surface area contributed by atoms with Crippen molar-refractivity contribution in [1.29, 1.82) is 0 Å². The van der Waals surface area contributed by atoms with E-state index in [1.807, 2.05) is 0 Å². The topological polar surface area (TPSA) is 38.0 Å². The van der Waals surface area contributed by atoms with E-state index >= 15 is 0 Å². The molecule has 3 fully saturated rings. The molecule has 0 radical (unpaired) electrons. The highest BCUT2D eigenvalue weighted by molar-refractivity contribution is 4.97. The number of nitrogens with two attached hydrogens (primary N) is 1. The molecule has 2 nitrogen and oxygen atoms in total. The summed E-state index contributed by atoms with van der Waals surface area (Å²) in [5.74, 6) is 3.11. The van der Waals surface area contributed by atoms with Crippen molar-refractivity contribution in [2.45, 2.75) is 63.3 Å². The number of rotatable bonds is 6. The Kier molecular flexibility index (Phi) is 3.45. The van der Waals surface area contributed by atoms with Crippen LogP contribution < -0.4 is 11.1 Å². The van der Waals surface area contributed by atoms with Crippen molar-refractivity contribution in [2.75, 3.05) is 13.1 Å². The van der Waals surface area contributed by atoms with E-state index in [-0.39, 0.29) is 0 Å². The van der Waals surface area contributed by atoms with E-state index in [1.165, 1.54) is 64.3 Å². The zero-order valence-corrected chi connectivity index (χ0v) is 11.1. The average molecular weight is 236 g/mol. The minimum Gasteiger partial charge on any atom is -0.329 e. The van der Waals surface area contributed by atoms with E-state index in [9.17, 15) is 0 Å². The van der Waals surface area contributed by atoms with Crippen molar-refractivity contribution in [2.24, 2.45) is 23.5 Å². The van der Waals surface area contributed by atoms with Crippen LogP contribution in [0, 0.1) is 17.8 Å². The predicted octanol–water partition coefficient (Wildman–Crippen LogP) is 2.67. The summed E-state index contributed by atoms with van der Waals surface area (Å²) in [6.45, 7) is 2.10. The van der Waals surface area contributed by atoms with Gasteiger partial charge in [0.05, 0.1) is 0 Å². The first-order chi connectivity index (χ1) is 8.33. The number of nitrogens with one attached hydrogen (secondary N) is 1. The molecule has 3 saturated carbocycles. The van der Waals surface area contributed by atoms with Gasteiger partial charge in [0.15, 0.2) is 0 Å². The van der Waals surface area contributed by atoms with Crippen LogP contribution in [0.1, 0.15) is 57.8 Å². The molecule has 0 saturated heterocycles. The van der Waals surface area contributed by atoms with Crippen molar-refractivity contribution < 1.29 is 0 Å². The molecule has 3 N–H and O–H groups in total. The van der Waals surface area contributed by atoms with Gasteiger partial charge in [-0.15, -0.1) is 0 Å². The monoisotopic (exact) mass is 236 g/mol. The first-order valence-electron chi connectivity index (χ1n) is 7.78. The molecule has 3 aliphatic rings. The standard InChI is InChI=1S/C15H28N2/c16-11-15(8-2-1-3-9-15)17-10-14(12-4-5-12)13-6-7-13/h12-14,17H,1-11,16H2. The van der Waals surface area contributed by atoms with Gasteiger partial charge < -0.3 is 11.1 Å². The zero-order chi connectivity index (χ0) is 11.7. The molecule has 0 amide bonds. The summed E-state index contributed by atoms with van der Waals surface area (Å²) in [4.78, 5) is 0. The van der Waals surface area contributed by atoms with Crippen LogP contribution >= 0.6 is 0 Å². The van der Waals surface area contributed by atoms with Gasteiger partial charge in [-0.05, 0) is 62.8 Å². The van der Waals surface area contributed by atoms with Gasteiger partial charge in [-0.2, -0.15) is 0 Å². The first-order valence-corrected chi connectivity index (χ1v) is 7.78. The Hall–Kier alpha value is -0.0800. The Morgan fingerprint density at radius 2 is 1.59 bits per heavy atom. The normalized spacial score (nSPS) is 28.6. The lowest BCUT2D eigenvalue weighted by atomic mass is 9.81. The molecular formula is C15H28N2. The molecule has 0 heterocycles. The highest BCUT2D eigenvalue weighted by atomic mass is 15.0. The molecule has 98 valence electrons. The Morgan fingerprint density at radius 3 is 2.06 bits per heavy atom. The Morgan fingerprint density at radius 1 is 1.00 bits per heavy atom.